The average Bonchev–Trinajstić information content (AvgIpc) is 2.74. The fourth-order valence-electron chi connectivity index (χ4n) is 4.63. The monoisotopic (exact) mass is 349 g/mol. The van der Waals surface area contributed by atoms with Gasteiger partial charge in [0.25, 0.3) is 5.91 Å². The fourth-order valence-corrected chi connectivity index (χ4v) is 4.76. The van der Waals surface area contributed by atoms with Gasteiger partial charge in [-0.15, -0.1) is 0 Å². The van der Waals surface area contributed by atoms with Gasteiger partial charge in [-0.3, -0.25) is 4.79 Å². The van der Waals surface area contributed by atoms with Crippen LogP contribution in [0.15, 0.2) is 24.3 Å². The maximum absolute atomic E-state index is 12.6. The van der Waals surface area contributed by atoms with Crippen molar-refractivity contribution >= 4 is 23.5 Å². The lowest BCUT2D eigenvalue weighted by Gasteiger charge is -2.39. The summed E-state index contributed by atoms with van der Waals surface area (Å²) >= 11 is 5.80. The molecule has 0 spiro atoms. The highest BCUT2D eigenvalue weighted by atomic mass is 35.5. The van der Waals surface area contributed by atoms with Gasteiger partial charge in [-0.2, -0.15) is 0 Å². The van der Waals surface area contributed by atoms with Gasteiger partial charge in [0.05, 0.1) is 5.56 Å². The normalized spacial score (nSPS) is 27.8. The SMILES string of the molecule is CC1(C)C[C@H]2C[C@](C)(CN2C(=O)COC(=O)c2ccc(Cl)cc2)C1. The molecule has 1 amide bonds. The molecule has 0 N–H and O–H groups in total. The third-order valence-electron chi connectivity index (χ3n) is 5.14. The molecule has 0 unspecified atom stereocenters. The van der Waals surface area contributed by atoms with Crippen LogP contribution in [0.3, 0.4) is 0 Å². The molecular formula is C19H24ClNO3. The number of carbonyl (C=O) groups excluding carboxylic acids is 2. The number of benzene rings is 1. The Hall–Kier alpha value is -1.55. The Kier molecular flexibility index (Phi) is 4.37. The predicted molar refractivity (Wildman–Crippen MR) is 93.0 cm³/mol. The number of likely N-dealkylation sites (tertiary alicyclic amines) is 1. The molecule has 2 fully saturated rings. The van der Waals surface area contributed by atoms with E-state index in [0.29, 0.717) is 10.6 Å². The molecule has 2 bridgehead atoms. The number of ether oxygens (including phenoxy) is 1. The highest BCUT2D eigenvalue weighted by molar-refractivity contribution is 6.30. The molecule has 1 aliphatic carbocycles. The average molecular weight is 350 g/mol. The smallest absolute Gasteiger partial charge is 0.338 e. The van der Waals surface area contributed by atoms with Crippen LogP contribution in [0.2, 0.25) is 5.02 Å². The third kappa shape index (κ3) is 3.59. The molecule has 2 atom stereocenters. The van der Waals surface area contributed by atoms with Gasteiger partial charge in [0.1, 0.15) is 0 Å². The van der Waals surface area contributed by atoms with Gasteiger partial charge in [0, 0.05) is 17.6 Å². The van der Waals surface area contributed by atoms with Crippen LogP contribution >= 0.6 is 11.6 Å². The minimum Gasteiger partial charge on any atom is -0.452 e. The first-order chi connectivity index (χ1) is 11.2. The Balaban J connectivity index is 1.60. The number of amides is 1. The van der Waals surface area contributed by atoms with Crippen molar-refractivity contribution < 1.29 is 14.3 Å². The van der Waals surface area contributed by atoms with Crippen molar-refractivity contribution in [3.8, 4) is 0 Å². The molecule has 1 aromatic rings. The van der Waals surface area contributed by atoms with Crippen LogP contribution in [0.25, 0.3) is 0 Å². The van der Waals surface area contributed by atoms with Gasteiger partial charge < -0.3 is 9.64 Å². The molecule has 1 saturated heterocycles. The van der Waals surface area contributed by atoms with E-state index in [9.17, 15) is 9.59 Å². The summed E-state index contributed by atoms with van der Waals surface area (Å²) in [5.74, 6) is -0.586. The maximum Gasteiger partial charge on any atom is 0.338 e. The van der Waals surface area contributed by atoms with E-state index in [4.69, 9.17) is 16.3 Å². The summed E-state index contributed by atoms with van der Waals surface area (Å²) in [4.78, 5) is 26.5. The summed E-state index contributed by atoms with van der Waals surface area (Å²) in [6, 6.07) is 6.72. The summed E-state index contributed by atoms with van der Waals surface area (Å²) in [6.07, 6.45) is 3.19. The lowest BCUT2D eigenvalue weighted by atomic mass is 9.65. The second-order valence-electron chi connectivity index (χ2n) is 8.32. The molecule has 0 aromatic heterocycles. The highest BCUT2D eigenvalue weighted by Crippen LogP contribution is 2.52. The van der Waals surface area contributed by atoms with Crippen molar-refractivity contribution in [2.45, 2.75) is 46.1 Å². The molecule has 1 saturated carbocycles. The lowest BCUT2D eigenvalue weighted by molar-refractivity contribution is -0.135. The van der Waals surface area contributed by atoms with Gasteiger partial charge in [0.2, 0.25) is 0 Å². The van der Waals surface area contributed by atoms with E-state index in [1.165, 1.54) is 0 Å². The van der Waals surface area contributed by atoms with E-state index in [0.717, 1.165) is 25.8 Å². The first kappa shape index (κ1) is 17.3. The van der Waals surface area contributed by atoms with E-state index in [-0.39, 0.29) is 29.4 Å². The van der Waals surface area contributed by atoms with E-state index in [1.807, 2.05) is 4.90 Å². The maximum atomic E-state index is 12.6. The Labute approximate surface area is 148 Å². The van der Waals surface area contributed by atoms with Gasteiger partial charge >= 0.3 is 5.97 Å². The minimum absolute atomic E-state index is 0.0938. The molecule has 1 heterocycles. The minimum atomic E-state index is -0.492. The Bertz CT molecular complexity index is 655. The zero-order valence-corrected chi connectivity index (χ0v) is 15.2. The van der Waals surface area contributed by atoms with E-state index < -0.39 is 5.97 Å². The molecule has 0 radical (unpaired) electrons. The van der Waals surface area contributed by atoms with Crippen LogP contribution in [0.5, 0.6) is 0 Å². The van der Waals surface area contributed by atoms with Gasteiger partial charge in [-0.1, -0.05) is 32.4 Å². The van der Waals surface area contributed by atoms with Crippen LogP contribution in [0, 0.1) is 10.8 Å². The van der Waals surface area contributed by atoms with Crippen LogP contribution < -0.4 is 0 Å². The molecule has 4 nitrogen and oxygen atoms in total. The zero-order valence-electron chi connectivity index (χ0n) is 14.5. The number of fused-ring (bicyclic) bond motifs is 2. The third-order valence-corrected chi connectivity index (χ3v) is 5.39. The molecule has 5 heteroatoms. The second-order valence-corrected chi connectivity index (χ2v) is 8.75. The Morgan fingerprint density at radius 2 is 1.88 bits per heavy atom. The molecule has 1 aliphatic heterocycles. The summed E-state index contributed by atoms with van der Waals surface area (Å²) < 4.78 is 5.20. The lowest BCUT2D eigenvalue weighted by Crippen LogP contribution is -2.39. The van der Waals surface area contributed by atoms with Crippen LogP contribution in [0.4, 0.5) is 0 Å². The van der Waals surface area contributed by atoms with Gasteiger partial charge in [-0.05, 0) is 54.4 Å². The standard InChI is InChI=1S/C19H24ClNO3/c1-18(2)8-15-9-19(3,11-18)12-21(15)16(22)10-24-17(23)13-4-6-14(20)7-5-13/h4-7,15H,8-12H2,1-3H3/t15-,19-/m0/s1. The molecule has 24 heavy (non-hydrogen) atoms. The number of nitrogens with zero attached hydrogens (tertiary/aromatic N) is 1. The first-order valence-electron chi connectivity index (χ1n) is 8.40. The predicted octanol–water partition coefficient (Wildman–Crippen LogP) is 3.92. The van der Waals surface area contributed by atoms with Gasteiger partial charge in [0.15, 0.2) is 6.61 Å². The van der Waals surface area contributed by atoms with Crippen molar-refractivity contribution in [3.05, 3.63) is 34.9 Å². The quantitative estimate of drug-likeness (QED) is 0.777. The molecule has 2 aliphatic rings. The number of halogens is 1. The summed E-state index contributed by atoms with van der Waals surface area (Å²) in [5, 5.41) is 0.558. The summed E-state index contributed by atoms with van der Waals surface area (Å²) in [6.45, 7) is 7.36. The second kappa shape index (κ2) is 6.07. The van der Waals surface area contributed by atoms with E-state index in [2.05, 4.69) is 20.8 Å². The number of hydrogen-bond acceptors (Lipinski definition) is 3. The van der Waals surface area contributed by atoms with Crippen LogP contribution in [-0.2, 0) is 9.53 Å². The number of rotatable bonds is 3. The van der Waals surface area contributed by atoms with Gasteiger partial charge in [-0.25, -0.2) is 4.79 Å². The highest BCUT2D eigenvalue weighted by Gasteiger charge is 2.50. The topological polar surface area (TPSA) is 46.6 Å². The molecule has 1 aromatic carbocycles. The summed E-state index contributed by atoms with van der Waals surface area (Å²) in [5.41, 5.74) is 0.843. The van der Waals surface area contributed by atoms with Crippen molar-refractivity contribution in [1.29, 1.82) is 0 Å². The van der Waals surface area contributed by atoms with Crippen molar-refractivity contribution in [2.24, 2.45) is 10.8 Å². The van der Waals surface area contributed by atoms with Crippen LogP contribution in [-0.4, -0.2) is 36.0 Å². The van der Waals surface area contributed by atoms with Crippen molar-refractivity contribution in [2.75, 3.05) is 13.2 Å². The van der Waals surface area contributed by atoms with E-state index in [1.54, 1.807) is 24.3 Å². The Morgan fingerprint density at radius 1 is 1.21 bits per heavy atom. The molecule has 130 valence electrons. The largest absolute Gasteiger partial charge is 0.452 e. The Morgan fingerprint density at radius 3 is 2.54 bits per heavy atom. The number of hydrogen-bond donors (Lipinski definition) is 0. The first-order valence-corrected chi connectivity index (χ1v) is 8.78. The molecular weight excluding hydrogens is 326 g/mol. The van der Waals surface area contributed by atoms with Crippen molar-refractivity contribution in [3.63, 3.8) is 0 Å². The van der Waals surface area contributed by atoms with Crippen molar-refractivity contribution in [1.82, 2.24) is 4.90 Å². The van der Waals surface area contributed by atoms with Crippen LogP contribution in [0.1, 0.15) is 50.4 Å². The molecule has 3 rings (SSSR count). The number of esters is 1. The zero-order chi connectivity index (χ0) is 17.5. The number of carbonyl (C=O) groups is 2. The fraction of sp³-hybridized carbons (Fsp3) is 0.579. The summed E-state index contributed by atoms with van der Waals surface area (Å²) in [7, 11) is 0. The van der Waals surface area contributed by atoms with E-state index >= 15 is 0 Å².